The van der Waals surface area contributed by atoms with Crippen LogP contribution in [0.3, 0.4) is 0 Å². The summed E-state index contributed by atoms with van der Waals surface area (Å²) in [5.74, 6) is 1.13. The van der Waals surface area contributed by atoms with Crippen molar-refractivity contribution in [2.24, 2.45) is 11.8 Å². The van der Waals surface area contributed by atoms with Crippen molar-refractivity contribution in [3.05, 3.63) is 11.6 Å². The van der Waals surface area contributed by atoms with Gasteiger partial charge in [-0.1, -0.05) is 31.4 Å². The van der Waals surface area contributed by atoms with Crippen molar-refractivity contribution >= 4 is 0 Å². The molecular weight excluding hydrogens is 160 g/mol. The molecule has 0 amide bonds. The number of hydrogen-bond acceptors (Lipinski definition) is 1. The fraction of sp³-hybridized carbons (Fsp3) is 0.833. The molecule has 0 aromatic rings. The number of allylic oxidation sites excluding steroid dienone is 1. The van der Waals surface area contributed by atoms with Gasteiger partial charge in [0, 0.05) is 5.92 Å². The maximum Gasteiger partial charge on any atom is 0.0605 e. The van der Waals surface area contributed by atoms with Crippen LogP contribution in [0.1, 0.15) is 46.5 Å². The number of rotatable bonds is 2. The van der Waals surface area contributed by atoms with E-state index < -0.39 is 0 Å². The summed E-state index contributed by atoms with van der Waals surface area (Å²) in [6, 6.07) is 0. The van der Waals surface area contributed by atoms with Crippen LogP contribution in [-0.4, -0.2) is 11.2 Å². The molecule has 3 atom stereocenters. The molecule has 1 aliphatic carbocycles. The lowest BCUT2D eigenvalue weighted by Gasteiger charge is -2.33. The van der Waals surface area contributed by atoms with Crippen LogP contribution in [0.25, 0.3) is 0 Å². The molecular formula is C12H22O. The largest absolute Gasteiger partial charge is 0.393 e. The van der Waals surface area contributed by atoms with E-state index in [2.05, 4.69) is 26.8 Å². The topological polar surface area (TPSA) is 20.2 Å². The maximum atomic E-state index is 9.87. The summed E-state index contributed by atoms with van der Waals surface area (Å²) in [4.78, 5) is 0. The standard InChI is InChI=1S/C12H22O/c1-4-10-6-5-7-12(13)11(10)8-9(2)3/h8,10-13H,4-7H2,1-3H3. The van der Waals surface area contributed by atoms with Gasteiger partial charge in [0.25, 0.3) is 0 Å². The zero-order valence-electron chi connectivity index (χ0n) is 9.09. The lowest BCUT2D eigenvalue weighted by atomic mass is 9.75. The summed E-state index contributed by atoms with van der Waals surface area (Å²) in [6.45, 7) is 6.47. The second-order valence-electron chi connectivity index (χ2n) is 4.49. The van der Waals surface area contributed by atoms with Crippen molar-refractivity contribution in [1.82, 2.24) is 0 Å². The van der Waals surface area contributed by atoms with E-state index in [1.807, 2.05) is 0 Å². The SMILES string of the molecule is CCC1CCCC(O)C1C=C(C)C. The van der Waals surface area contributed by atoms with Crippen molar-refractivity contribution in [2.45, 2.75) is 52.6 Å². The van der Waals surface area contributed by atoms with Crippen molar-refractivity contribution in [3.63, 3.8) is 0 Å². The van der Waals surface area contributed by atoms with Crippen LogP contribution < -0.4 is 0 Å². The molecule has 0 heterocycles. The van der Waals surface area contributed by atoms with Gasteiger partial charge >= 0.3 is 0 Å². The van der Waals surface area contributed by atoms with Crippen LogP contribution in [0, 0.1) is 11.8 Å². The van der Waals surface area contributed by atoms with E-state index in [1.165, 1.54) is 24.8 Å². The molecule has 0 spiro atoms. The van der Waals surface area contributed by atoms with E-state index in [0.717, 1.165) is 6.42 Å². The quantitative estimate of drug-likeness (QED) is 0.650. The highest BCUT2D eigenvalue weighted by Crippen LogP contribution is 2.33. The van der Waals surface area contributed by atoms with E-state index in [1.54, 1.807) is 0 Å². The summed E-state index contributed by atoms with van der Waals surface area (Å²) < 4.78 is 0. The Hall–Kier alpha value is -0.300. The van der Waals surface area contributed by atoms with E-state index in [9.17, 15) is 5.11 Å². The van der Waals surface area contributed by atoms with Crippen LogP contribution in [0.5, 0.6) is 0 Å². The van der Waals surface area contributed by atoms with Crippen molar-refractivity contribution < 1.29 is 5.11 Å². The van der Waals surface area contributed by atoms with Crippen LogP contribution in [0.2, 0.25) is 0 Å². The van der Waals surface area contributed by atoms with E-state index in [-0.39, 0.29) is 6.10 Å². The average molecular weight is 182 g/mol. The molecule has 1 saturated carbocycles. The van der Waals surface area contributed by atoms with Crippen LogP contribution in [0.15, 0.2) is 11.6 Å². The van der Waals surface area contributed by atoms with Crippen molar-refractivity contribution in [2.75, 3.05) is 0 Å². The molecule has 1 heteroatoms. The second kappa shape index (κ2) is 4.80. The highest BCUT2D eigenvalue weighted by Gasteiger charge is 2.28. The minimum atomic E-state index is -0.0893. The first-order valence-electron chi connectivity index (χ1n) is 5.48. The molecule has 1 fully saturated rings. The Balaban J connectivity index is 2.67. The molecule has 1 nitrogen and oxygen atoms in total. The molecule has 0 saturated heterocycles. The molecule has 1 aliphatic rings. The van der Waals surface area contributed by atoms with Gasteiger partial charge in [0.15, 0.2) is 0 Å². The highest BCUT2D eigenvalue weighted by molar-refractivity contribution is 5.02. The first-order valence-corrected chi connectivity index (χ1v) is 5.48. The number of aliphatic hydroxyl groups excluding tert-OH is 1. The number of hydrogen-bond donors (Lipinski definition) is 1. The normalized spacial score (nSPS) is 34.3. The molecule has 1 N–H and O–H groups in total. The first kappa shape index (κ1) is 10.8. The van der Waals surface area contributed by atoms with Crippen molar-refractivity contribution in [1.29, 1.82) is 0 Å². The van der Waals surface area contributed by atoms with Gasteiger partial charge in [0.05, 0.1) is 6.10 Å². The van der Waals surface area contributed by atoms with E-state index in [4.69, 9.17) is 0 Å². The van der Waals surface area contributed by atoms with Gasteiger partial charge in [-0.25, -0.2) is 0 Å². The van der Waals surface area contributed by atoms with E-state index >= 15 is 0 Å². The molecule has 0 aromatic heterocycles. The van der Waals surface area contributed by atoms with Crippen molar-refractivity contribution in [3.8, 4) is 0 Å². The monoisotopic (exact) mass is 182 g/mol. The fourth-order valence-electron chi connectivity index (χ4n) is 2.40. The summed E-state index contributed by atoms with van der Waals surface area (Å²) in [7, 11) is 0. The molecule has 0 aromatic carbocycles. The molecule has 0 aliphatic heterocycles. The van der Waals surface area contributed by atoms with Gasteiger partial charge in [0.1, 0.15) is 0 Å². The predicted octanol–water partition coefficient (Wildman–Crippen LogP) is 3.14. The highest BCUT2D eigenvalue weighted by atomic mass is 16.3. The Labute approximate surface area is 81.9 Å². The van der Waals surface area contributed by atoms with Gasteiger partial charge in [0.2, 0.25) is 0 Å². The molecule has 13 heavy (non-hydrogen) atoms. The number of aliphatic hydroxyl groups is 1. The average Bonchev–Trinajstić information content (AvgIpc) is 2.08. The van der Waals surface area contributed by atoms with Gasteiger partial charge in [-0.15, -0.1) is 0 Å². The van der Waals surface area contributed by atoms with Crippen LogP contribution >= 0.6 is 0 Å². The Morgan fingerprint density at radius 2 is 2.08 bits per heavy atom. The Kier molecular flexibility index (Phi) is 3.98. The fourth-order valence-corrected chi connectivity index (χ4v) is 2.40. The third-order valence-electron chi connectivity index (χ3n) is 3.11. The second-order valence-corrected chi connectivity index (χ2v) is 4.49. The summed E-state index contributed by atoms with van der Waals surface area (Å²) >= 11 is 0. The zero-order chi connectivity index (χ0) is 9.84. The molecule has 1 rings (SSSR count). The third kappa shape index (κ3) is 2.84. The lowest BCUT2D eigenvalue weighted by molar-refractivity contribution is 0.0559. The van der Waals surface area contributed by atoms with Gasteiger partial charge in [-0.05, 0) is 32.6 Å². The van der Waals surface area contributed by atoms with E-state index in [0.29, 0.717) is 11.8 Å². The van der Waals surface area contributed by atoms with Crippen LogP contribution in [-0.2, 0) is 0 Å². The predicted molar refractivity (Wildman–Crippen MR) is 56.6 cm³/mol. The van der Waals surface area contributed by atoms with Crippen LogP contribution in [0.4, 0.5) is 0 Å². The van der Waals surface area contributed by atoms with Gasteiger partial charge in [-0.2, -0.15) is 0 Å². The summed E-state index contributed by atoms with van der Waals surface area (Å²) in [5.41, 5.74) is 1.34. The zero-order valence-corrected chi connectivity index (χ0v) is 9.09. The summed E-state index contributed by atoms with van der Waals surface area (Å²) in [6.07, 6.45) is 6.86. The molecule has 3 unspecified atom stereocenters. The van der Waals surface area contributed by atoms with Gasteiger partial charge in [-0.3, -0.25) is 0 Å². The third-order valence-corrected chi connectivity index (χ3v) is 3.11. The summed E-state index contributed by atoms with van der Waals surface area (Å²) in [5, 5.41) is 9.87. The first-order chi connectivity index (χ1) is 6.15. The Bertz CT molecular complexity index is 180. The lowest BCUT2D eigenvalue weighted by Crippen LogP contribution is -2.30. The Morgan fingerprint density at radius 3 is 2.62 bits per heavy atom. The van der Waals surface area contributed by atoms with Gasteiger partial charge < -0.3 is 5.11 Å². The molecule has 0 radical (unpaired) electrons. The smallest absolute Gasteiger partial charge is 0.0605 e. The maximum absolute atomic E-state index is 9.87. The molecule has 0 bridgehead atoms. The Morgan fingerprint density at radius 1 is 1.38 bits per heavy atom. The minimum Gasteiger partial charge on any atom is -0.393 e. The minimum absolute atomic E-state index is 0.0893. The molecule has 76 valence electrons.